The van der Waals surface area contributed by atoms with E-state index in [-0.39, 0.29) is 22.7 Å². The van der Waals surface area contributed by atoms with Crippen LogP contribution in [0.25, 0.3) is 0 Å². The van der Waals surface area contributed by atoms with Crippen molar-refractivity contribution in [3.63, 3.8) is 0 Å². The van der Waals surface area contributed by atoms with Crippen molar-refractivity contribution in [2.75, 3.05) is 26.6 Å². The molecule has 0 bridgehead atoms. The minimum absolute atomic E-state index is 0.116. The molecule has 0 spiro atoms. The molecule has 0 aromatic heterocycles. The quantitative estimate of drug-likeness (QED) is 0.918. The Kier molecular flexibility index (Phi) is 5.00. The van der Waals surface area contributed by atoms with Gasteiger partial charge in [-0.05, 0) is 24.3 Å². The first kappa shape index (κ1) is 16.5. The Morgan fingerprint density at radius 1 is 0.913 bits per heavy atom. The molecule has 0 saturated carbocycles. The van der Waals surface area contributed by atoms with Gasteiger partial charge in [-0.2, -0.15) is 0 Å². The Labute approximate surface area is 131 Å². The lowest BCUT2D eigenvalue weighted by atomic mass is 10.1. The van der Waals surface area contributed by atoms with Crippen LogP contribution in [0, 0.1) is 11.6 Å². The highest BCUT2D eigenvalue weighted by Gasteiger charge is 2.21. The fourth-order valence-electron chi connectivity index (χ4n) is 2.05. The molecular formula is C16H15F2NO4. The summed E-state index contributed by atoms with van der Waals surface area (Å²) in [5.41, 5.74) is 0.278. The third-order valence-corrected chi connectivity index (χ3v) is 3.13. The monoisotopic (exact) mass is 323 g/mol. The summed E-state index contributed by atoms with van der Waals surface area (Å²) in [4.78, 5) is 12.4. The van der Waals surface area contributed by atoms with Crippen molar-refractivity contribution < 1.29 is 27.8 Å². The average molecular weight is 323 g/mol. The van der Waals surface area contributed by atoms with E-state index < -0.39 is 17.5 Å². The molecule has 122 valence electrons. The molecule has 2 aromatic carbocycles. The fourth-order valence-corrected chi connectivity index (χ4v) is 2.05. The van der Waals surface area contributed by atoms with E-state index in [2.05, 4.69) is 5.32 Å². The number of anilines is 1. The van der Waals surface area contributed by atoms with Gasteiger partial charge < -0.3 is 19.5 Å². The van der Waals surface area contributed by atoms with Crippen LogP contribution in [0.3, 0.4) is 0 Å². The molecule has 1 amide bonds. The smallest absolute Gasteiger partial charge is 0.259 e. The zero-order valence-electron chi connectivity index (χ0n) is 12.8. The fraction of sp³-hybridized carbons (Fsp3) is 0.188. The van der Waals surface area contributed by atoms with Gasteiger partial charge in [-0.25, -0.2) is 8.78 Å². The molecule has 2 rings (SSSR count). The number of hydrogen-bond donors (Lipinski definition) is 1. The molecule has 0 fully saturated rings. The van der Waals surface area contributed by atoms with Gasteiger partial charge in [0, 0.05) is 11.8 Å². The highest BCUT2D eigenvalue weighted by Crippen LogP contribution is 2.39. The summed E-state index contributed by atoms with van der Waals surface area (Å²) in [6.07, 6.45) is 0. The van der Waals surface area contributed by atoms with E-state index >= 15 is 0 Å². The number of hydrogen-bond acceptors (Lipinski definition) is 4. The van der Waals surface area contributed by atoms with Gasteiger partial charge in [-0.3, -0.25) is 4.79 Å². The molecule has 5 nitrogen and oxygen atoms in total. The Hall–Kier alpha value is -2.83. The van der Waals surface area contributed by atoms with E-state index in [0.717, 1.165) is 12.1 Å². The van der Waals surface area contributed by atoms with E-state index in [1.165, 1.54) is 33.5 Å². The van der Waals surface area contributed by atoms with Gasteiger partial charge in [0.25, 0.3) is 5.91 Å². The number of amides is 1. The zero-order valence-corrected chi connectivity index (χ0v) is 12.8. The molecule has 0 aliphatic carbocycles. The number of ether oxygens (including phenoxy) is 3. The van der Waals surface area contributed by atoms with Crippen molar-refractivity contribution in [1.82, 2.24) is 0 Å². The number of halogens is 2. The highest BCUT2D eigenvalue weighted by molar-refractivity contribution is 6.07. The maximum Gasteiger partial charge on any atom is 0.259 e. The number of carbonyl (C=O) groups excluding carboxylic acids is 1. The minimum atomic E-state index is -1.05. The first-order valence-electron chi connectivity index (χ1n) is 6.57. The van der Waals surface area contributed by atoms with Crippen molar-refractivity contribution in [2.24, 2.45) is 0 Å². The van der Waals surface area contributed by atoms with Crippen LogP contribution in [0.4, 0.5) is 14.5 Å². The van der Waals surface area contributed by atoms with Crippen LogP contribution in [0.15, 0.2) is 30.3 Å². The summed E-state index contributed by atoms with van der Waals surface area (Å²) in [6, 6.07) is 6.09. The number of carbonyl (C=O) groups is 1. The lowest BCUT2D eigenvalue weighted by Crippen LogP contribution is -2.14. The predicted octanol–water partition coefficient (Wildman–Crippen LogP) is 3.24. The van der Waals surface area contributed by atoms with Crippen LogP contribution in [-0.4, -0.2) is 27.2 Å². The van der Waals surface area contributed by atoms with Gasteiger partial charge in [-0.1, -0.05) is 0 Å². The van der Waals surface area contributed by atoms with Crippen LogP contribution in [0.5, 0.6) is 17.2 Å². The van der Waals surface area contributed by atoms with Crippen molar-refractivity contribution in [3.05, 3.63) is 47.5 Å². The van der Waals surface area contributed by atoms with Gasteiger partial charge >= 0.3 is 0 Å². The number of methoxy groups -OCH3 is 3. The number of nitrogens with one attached hydrogen (secondary N) is 1. The maximum absolute atomic E-state index is 13.2. The molecule has 0 heterocycles. The molecule has 23 heavy (non-hydrogen) atoms. The van der Waals surface area contributed by atoms with Crippen LogP contribution >= 0.6 is 0 Å². The zero-order chi connectivity index (χ0) is 17.0. The van der Waals surface area contributed by atoms with Crippen molar-refractivity contribution in [2.45, 2.75) is 0 Å². The third-order valence-electron chi connectivity index (χ3n) is 3.13. The molecule has 2 aromatic rings. The highest BCUT2D eigenvalue weighted by atomic mass is 19.2. The Morgan fingerprint density at radius 3 is 2.17 bits per heavy atom. The molecule has 0 saturated heterocycles. The minimum Gasteiger partial charge on any atom is -0.493 e. The van der Waals surface area contributed by atoms with Gasteiger partial charge in [-0.15, -0.1) is 0 Å². The normalized spacial score (nSPS) is 10.1. The van der Waals surface area contributed by atoms with Gasteiger partial charge in [0.05, 0.1) is 26.9 Å². The van der Waals surface area contributed by atoms with Crippen LogP contribution < -0.4 is 19.5 Å². The van der Waals surface area contributed by atoms with Crippen LogP contribution in [-0.2, 0) is 0 Å². The van der Waals surface area contributed by atoms with Gasteiger partial charge in [0.1, 0.15) is 0 Å². The predicted molar refractivity (Wildman–Crippen MR) is 80.4 cm³/mol. The summed E-state index contributed by atoms with van der Waals surface area (Å²) in [7, 11) is 4.25. The average Bonchev–Trinajstić information content (AvgIpc) is 2.56. The molecule has 0 aliphatic rings. The summed E-state index contributed by atoms with van der Waals surface area (Å²) in [5, 5.41) is 2.47. The second-order valence-corrected chi connectivity index (χ2v) is 4.46. The first-order valence-corrected chi connectivity index (χ1v) is 6.57. The molecule has 0 aliphatic heterocycles. The van der Waals surface area contributed by atoms with Crippen LogP contribution in [0.1, 0.15) is 10.4 Å². The van der Waals surface area contributed by atoms with Gasteiger partial charge in [0.2, 0.25) is 5.75 Å². The maximum atomic E-state index is 13.2. The molecule has 0 atom stereocenters. The third kappa shape index (κ3) is 3.33. The second-order valence-electron chi connectivity index (χ2n) is 4.46. The van der Waals surface area contributed by atoms with Gasteiger partial charge in [0.15, 0.2) is 23.1 Å². The Bertz CT molecular complexity index is 734. The number of benzene rings is 2. The summed E-state index contributed by atoms with van der Waals surface area (Å²) in [6.45, 7) is 0. The molecule has 0 radical (unpaired) electrons. The molecule has 1 N–H and O–H groups in total. The summed E-state index contributed by atoms with van der Waals surface area (Å²) in [5.74, 6) is -1.78. The summed E-state index contributed by atoms with van der Waals surface area (Å²) < 4.78 is 41.7. The van der Waals surface area contributed by atoms with E-state index in [4.69, 9.17) is 14.2 Å². The lowest BCUT2D eigenvalue weighted by molar-refractivity contribution is 0.102. The largest absolute Gasteiger partial charge is 0.493 e. The molecule has 7 heteroatoms. The Morgan fingerprint density at radius 2 is 1.61 bits per heavy atom. The van der Waals surface area contributed by atoms with E-state index in [9.17, 15) is 13.6 Å². The number of rotatable bonds is 5. The van der Waals surface area contributed by atoms with Crippen LogP contribution in [0.2, 0.25) is 0 Å². The lowest BCUT2D eigenvalue weighted by Gasteiger charge is -2.15. The second kappa shape index (κ2) is 6.95. The summed E-state index contributed by atoms with van der Waals surface area (Å²) >= 11 is 0. The van der Waals surface area contributed by atoms with Crippen molar-refractivity contribution in [3.8, 4) is 17.2 Å². The molecular weight excluding hydrogens is 308 g/mol. The van der Waals surface area contributed by atoms with Crippen molar-refractivity contribution in [1.29, 1.82) is 0 Å². The first-order chi connectivity index (χ1) is 11.0. The van der Waals surface area contributed by atoms with E-state index in [1.54, 1.807) is 6.07 Å². The van der Waals surface area contributed by atoms with Crippen molar-refractivity contribution >= 4 is 11.6 Å². The topological polar surface area (TPSA) is 56.8 Å². The van der Waals surface area contributed by atoms with E-state index in [1.807, 2.05) is 0 Å². The molecule has 0 unspecified atom stereocenters. The van der Waals surface area contributed by atoms with E-state index in [0.29, 0.717) is 5.75 Å². The Balaban J connectivity index is 2.37. The SMILES string of the molecule is COc1ccc(C(=O)Nc2ccc(F)c(F)c2)c(OC)c1OC. The standard InChI is InChI=1S/C16H15F2NO4/c1-21-13-7-5-10(14(22-2)15(13)23-3)16(20)19-9-4-6-11(17)12(18)8-9/h4-8H,1-3H3,(H,19,20).